The Labute approximate surface area is 209 Å². The summed E-state index contributed by atoms with van der Waals surface area (Å²) in [6.07, 6.45) is 1.44. The Morgan fingerprint density at radius 1 is 0.917 bits per heavy atom. The maximum absolute atomic E-state index is 14.2. The van der Waals surface area contributed by atoms with E-state index in [1.54, 1.807) is 72.8 Å². The second-order valence-corrected chi connectivity index (χ2v) is 10.3. The summed E-state index contributed by atoms with van der Waals surface area (Å²) in [5.41, 5.74) is 1.63. The van der Waals surface area contributed by atoms with E-state index in [2.05, 4.69) is 5.32 Å². The van der Waals surface area contributed by atoms with E-state index in [1.807, 2.05) is 0 Å². The first-order valence-electron chi connectivity index (χ1n) is 11.2. The topological polar surface area (TPSA) is 119 Å². The fraction of sp³-hybridized carbons (Fsp3) is 0.185. The first kappa shape index (κ1) is 25.2. The van der Waals surface area contributed by atoms with Crippen molar-refractivity contribution in [3.63, 3.8) is 0 Å². The van der Waals surface area contributed by atoms with Gasteiger partial charge in [-0.15, -0.1) is 0 Å². The summed E-state index contributed by atoms with van der Waals surface area (Å²) in [4.78, 5) is 22.6. The van der Waals surface area contributed by atoms with Gasteiger partial charge in [0.05, 0.1) is 4.90 Å². The molecule has 0 bridgehead atoms. The monoisotopic (exact) mass is 507 g/mol. The molecule has 0 saturated heterocycles. The van der Waals surface area contributed by atoms with Crippen LogP contribution in [0.15, 0.2) is 102 Å². The Balaban J connectivity index is 1.81. The van der Waals surface area contributed by atoms with Crippen molar-refractivity contribution >= 4 is 21.6 Å². The minimum absolute atomic E-state index is 0.0216. The third-order valence-corrected chi connectivity index (χ3v) is 8.02. The largest absolute Gasteiger partial charge is 0.481 e. The standard InChI is InChI=1S/C27H25NO7S/c29-25(30)15-14-20-8-7-9-21(16-20)17-28-27(24-18-34-19-35-24,26(31)22-10-3-1-4-11-22)36(32,33)23-12-5-2-6-13-23/h1-13,16,18,28H,14-15,17,19H2,(H,29,30). The molecule has 0 amide bonds. The molecule has 9 heteroatoms. The van der Waals surface area contributed by atoms with E-state index < -0.39 is 26.5 Å². The van der Waals surface area contributed by atoms with Crippen LogP contribution in [-0.2, 0) is 37.1 Å². The number of carboxylic acids is 1. The lowest BCUT2D eigenvalue weighted by Gasteiger charge is -2.33. The smallest absolute Gasteiger partial charge is 0.303 e. The molecule has 0 fully saturated rings. The Hall–Kier alpha value is -3.95. The van der Waals surface area contributed by atoms with Crippen molar-refractivity contribution in [2.45, 2.75) is 29.2 Å². The summed E-state index contributed by atoms with van der Waals surface area (Å²) >= 11 is 0. The third-order valence-electron chi connectivity index (χ3n) is 5.79. The molecule has 4 rings (SSSR count). The summed E-state index contributed by atoms with van der Waals surface area (Å²) in [7, 11) is -4.41. The maximum Gasteiger partial charge on any atom is 0.303 e. The molecule has 1 aliphatic rings. The van der Waals surface area contributed by atoms with Crippen LogP contribution in [0.25, 0.3) is 0 Å². The highest BCUT2D eigenvalue weighted by Crippen LogP contribution is 2.36. The lowest BCUT2D eigenvalue weighted by Crippen LogP contribution is -2.59. The number of carboxylic acid groups (broad SMARTS) is 1. The van der Waals surface area contributed by atoms with E-state index in [1.165, 1.54) is 12.1 Å². The van der Waals surface area contributed by atoms with Gasteiger partial charge in [-0.25, -0.2) is 8.42 Å². The summed E-state index contributed by atoms with van der Waals surface area (Å²) < 4.78 is 39.2. The lowest BCUT2D eigenvalue weighted by atomic mass is 10.0. The molecule has 1 unspecified atom stereocenters. The summed E-state index contributed by atoms with van der Waals surface area (Å²) in [5, 5.41) is 12.0. The van der Waals surface area contributed by atoms with Crippen LogP contribution >= 0.6 is 0 Å². The van der Waals surface area contributed by atoms with Crippen LogP contribution in [0.4, 0.5) is 0 Å². The molecule has 8 nitrogen and oxygen atoms in total. The molecule has 1 heterocycles. The summed E-state index contributed by atoms with van der Waals surface area (Å²) in [5.74, 6) is -1.79. The number of ketones is 1. The van der Waals surface area contributed by atoms with Gasteiger partial charge in [-0.1, -0.05) is 72.8 Å². The molecular weight excluding hydrogens is 482 g/mol. The highest BCUT2D eigenvalue weighted by Gasteiger charge is 2.57. The maximum atomic E-state index is 14.2. The van der Waals surface area contributed by atoms with Crippen LogP contribution < -0.4 is 5.32 Å². The van der Waals surface area contributed by atoms with Gasteiger partial charge in [0, 0.05) is 18.5 Å². The van der Waals surface area contributed by atoms with Gasteiger partial charge in [0.1, 0.15) is 6.26 Å². The van der Waals surface area contributed by atoms with E-state index in [9.17, 15) is 18.0 Å². The molecule has 2 N–H and O–H groups in total. The number of nitrogens with one attached hydrogen (secondary N) is 1. The third kappa shape index (κ3) is 5.02. The van der Waals surface area contributed by atoms with Crippen LogP contribution in [0.2, 0.25) is 0 Å². The molecule has 186 valence electrons. The zero-order valence-electron chi connectivity index (χ0n) is 19.3. The molecule has 36 heavy (non-hydrogen) atoms. The van der Waals surface area contributed by atoms with Crippen molar-refractivity contribution < 1.29 is 32.6 Å². The van der Waals surface area contributed by atoms with Crippen LogP contribution in [0.5, 0.6) is 0 Å². The van der Waals surface area contributed by atoms with E-state index in [4.69, 9.17) is 14.6 Å². The Morgan fingerprint density at radius 3 is 2.22 bits per heavy atom. The van der Waals surface area contributed by atoms with Gasteiger partial charge in [-0.05, 0) is 29.7 Å². The van der Waals surface area contributed by atoms with Gasteiger partial charge in [0.25, 0.3) is 0 Å². The van der Waals surface area contributed by atoms with Gasteiger partial charge >= 0.3 is 5.97 Å². The number of benzene rings is 3. The normalized spacial score (nSPS) is 14.7. The number of carbonyl (C=O) groups is 2. The number of hydrogen-bond acceptors (Lipinski definition) is 7. The van der Waals surface area contributed by atoms with Crippen LogP contribution in [0.1, 0.15) is 27.9 Å². The quantitative estimate of drug-likeness (QED) is 0.377. The number of carbonyl (C=O) groups excluding carboxylic acids is 1. The van der Waals surface area contributed by atoms with Crippen molar-refractivity contribution in [1.82, 2.24) is 5.32 Å². The molecular formula is C27H25NO7S. The highest BCUT2D eigenvalue weighted by atomic mass is 32.2. The Kier molecular flexibility index (Phi) is 7.52. The molecule has 0 aromatic heterocycles. The molecule has 0 saturated carbocycles. The van der Waals surface area contributed by atoms with Crippen molar-refractivity contribution in [2.75, 3.05) is 6.79 Å². The van der Waals surface area contributed by atoms with Gasteiger partial charge in [-0.3, -0.25) is 14.9 Å². The Morgan fingerprint density at radius 2 is 1.58 bits per heavy atom. The average Bonchev–Trinajstić information content (AvgIpc) is 3.44. The van der Waals surface area contributed by atoms with Crippen molar-refractivity contribution in [3.05, 3.63) is 114 Å². The number of rotatable bonds is 11. The van der Waals surface area contributed by atoms with Crippen LogP contribution in [0, 0.1) is 0 Å². The molecule has 0 aliphatic carbocycles. The fourth-order valence-corrected chi connectivity index (χ4v) is 5.86. The average molecular weight is 508 g/mol. The number of aliphatic carboxylic acids is 1. The number of sulfone groups is 1. The van der Waals surface area contributed by atoms with Gasteiger partial charge in [-0.2, -0.15) is 0 Å². The van der Waals surface area contributed by atoms with Crippen molar-refractivity contribution in [3.8, 4) is 0 Å². The van der Waals surface area contributed by atoms with Gasteiger partial charge < -0.3 is 14.6 Å². The summed E-state index contributed by atoms with van der Waals surface area (Å²) in [6, 6.07) is 22.9. The second-order valence-electron chi connectivity index (χ2n) is 8.17. The predicted molar refractivity (Wildman–Crippen MR) is 131 cm³/mol. The molecule has 3 aromatic carbocycles. The first-order chi connectivity index (χ1) is 17.3. The first-order valence-corrected chi connectivity index (χ1v) is 12.7. The second kappa shape index (κ2) is 10.8. The minimum atomic E-state index is -4.41. The molecule has 1 atom stereocenters. The van der Waals surface area contributed by atoms with Gasteiger partial charge in [0.2, 0.25) is 27.3 Å². The zero-order chi connectivity index (χ0) is 25.6. The number of aryl methyl sites for hydroxylation is 1. The number of Topliss-reactive ketones (excluding diaryl/α,β-unsaturated/α-hetero) is 1. The molecule has 0 spiro atoms. The highest BCUT2D eigenvalue weighted by molar-refractivity contribution is 7.93. The molecule has 1 aliphatic heterocycles. The number of hydrogen-bond donors (Lipinski definition) is 2. The summed E-state index contributed by atoms with van der Waals surface area (Å²) in [6.45, 7) is -0.248. The van der Waals surface area contributed by atoms with Gasteiger partial charge in [0.15, 0.2) is 5.76 Å². The predicted octanol–water partition coefficient (Wildman–Crippen LogP) is 3.69. The van der Waals surface area contributed by atoms with E-state index in [-0.39, 0.29) is 36.0 Å². The van der Waals surface area contributed by atoms with Crippen LogP contribution in [0.3, 0.4) is 0 Å². The minimum Gasteiger partial charge on any atom is -0.481 e. The van der Waals surface area contributed by atoms with E-state index >= 15 is 0 Å². The van der Waals surface area contributed by atoms with Crippen molar-refractivity contribution in [1.29, 1.82) is 0 Å². The van der Waals surface area contributed by atoms with E-state index in [0.717, 1.165) is 11.8 Å². The fourth-order valence-electron chi connectivity index (χ4n) is 4.00. The molecule has 0 radical (unpaired) electrons. The molecule has 3 aromatic rings. The number of ether oxygens (including phenoxy) is 2. The lowest BCUT2D eigenvalue weighted by molar-refractivity contribution is -0.136. The SMILES string of the molecule is O=C(O)CCc1cccc(CNC(C(=O)c2ccccc2)(C2=COCO2)S(=O)(=O)c2ccccc2)c1. The van der Waals surface area contributed by atoms with Crippen LogP contribution in [-0.4, -0.2) is 36.9 Å². The zero-order valence-corrected chi connectivity index (χ0v) is 20.1. The van der Waals surface area contributed by atoms with Crippen molar-refractivity contribution in [2.24, 2.45) is 0 Å². The van der Waals surface area contributed by atoms with E-state index in [0.29, 0.717) is 12.0 Å². The Bertz CT molecular complexity index is 1370.